The van der Waals surface area contributed by atoms with Gasteiger partial charge in [-0.25, -0.2) is 8.42 Å². The molecular weight excluding hydrogens is 634 g/mol. The molecule has 1 N–H and O–H groups in total. The number of carbonyl (C=O) groups is 2. The summed E-state index contributed by atoms with van der Waals surface area (Å²) in [4.78, 5) is 30.0. The Morgan fingerprint density at radius 2 is 1.53 bits per heavy atom. The number of hydrogen-bond acceptors (Lipinski definition) is 5. The fourth-order valence-electron chi connectivity index (χ4n) is 5.16. The second-order valence-corrected chi connectivity index (χ2v) is 14.3. The van der Waals surface area contributed by atoms with Gasteiger partial charge < -0.3 is 15.0 Å². The molecule has 4 aromatic carbocycles. The summed E-state index contributed by atoms with van der Waals surface area (Å²) >= 11 is 6.46. The number of anilines is 1. The molecule has 0 spiro atoms. The number of carbonyl (C=O) groups excluding carboxylic acids is 2. The normalized spacial score (nSPS) is 12.0. The number of rotatable bonds is 14. The number of nitrogens with one attached hydrogen (secondary N) is 1. The molecule has 1 atom stereocenters. The maximum atomic E-state index is 14.6. The predicted octanol–water partition coefficient (Wildman–Crippen LogP) is 6.57. The van der Waals surface area contributed by atoms with Crippen molar-refractivity contribution in [3.63, 3.8) is 0 Å². The number of hydrogen-bond donors (Lipinski definition) is 1. The van der Waals surface area contributed by atoms with Crippen molar-refractivity contribution < 1.29 is 22.7 Å². The first-order valence-electron chi connectivity index (χ1n) is 15.5. The van der Waals surface area contributed by atoms with Gasteiger partial charge in [-0.3, -0.25) is 13.9 Å². The van der Waals surface area contributed by atoms with Gasteiger partial charge >= 0.3 is 0 Å². The highest BCUT2D eigenvalue weighted by Gasteiger charge is 2.35. The molecule has 0 radical (unpaired) electrons. The molecule has 0 saturated carbocycles. The Morgan fingerprint density at radius 1 is 0.851 bits per heavy atom. The Balaban J connectivity index is 1.82. The van der Waals surface area contributed by atoms with Crippen LogP contribution in [0.1, 0.15) is 36.1 Å². The van der Waals surface area contributed by atoms with Crippen molar-refractivity contribution in [3.05, 3.63) is 124 Å². The summed E-state index contributed by atoms with van der Waals surface area (Å²) in [5.74, 6) is -0.314. The molecule has 0 aliphatic heterocycles. The third-order valence-corrected chi connectivity index (χ3v) is 9.79. The highest BCUT2D eigenvalue weighted by Crippen LogP contribution is 2.32. The number of halogens is 1. The molecule has 0 aromatic heterocycles. The number of methoxy groups -OCH3 is 1. The van der Waals surface area contributed by atoms with Gasteiger partial charge in [0.25, 0.3) is 10.0 Å². The van der Waals surface area contributed by atoms with E-state index in [0.29, 0.717) is 12.3 Å². The number of nitrogens with zero attached hydrogens (tertiary/aromatic N) is 2. The summed E-state index contributed by atoms with van der Waals surface area (Å²) in [6, 6.07) is 27.2. The fourth-order valence-corrected chi connectivity index (χ4v) is 6.82. The first-order valence-corrected chi connectivity index (χ1v) is 17.3. The molecule has 4 aromatic rings. The first-order chi connectivity index (χ1) is 22.4. The highest BCUT2D eigenvalue weighted by molar-refractivity contribution is 7.92. The van der Waals surface area contributed by atoms with E-state index in [-0.39, 0.29) is 40.4 Å². The van der Waals surface area contributed by atoms with Crippen molar-refractivity contribution in [2.75, 3.05) is 24.5 Å². The van der Waals surface area contributed by atoms with Crippen LogP contribution in [0.5, 0.6) is 5.75 Å². The van der Waals surface area contributed by atoms with E-state index in [0.717, 1.165) is 26.6 Å². The Labute approximate surface area is 283 Å². The van der Waals surface area contributed by atoms with Gasteiger partial charge in [-0.15, -0.1) is 0 Å². The number of amides is 2. The molecule has 0 fully saturated rings. The van der Waals surface area contributed by atoms with Crippen LogP contribution in [-0.4, -0.2) is 51.4 Å². The van der Waals surface area contributed by atoms with E-state index in [2.05, 4.69) is 5.32 Å². The standard InChI is InChI=1S/C37H42ClN3O5S/c1-26(2)23-39-37(43)34(21-29-11-7-6-8-12-29)40(24-30-13-9-10-28(4)20-30)36(42)25-41(31-16-19-35(46-5)33(38)22-31)47(44,45)32-17-14-27(3)15-18-32/h6-20,22,26,34H,21,23-25H2,1-5H3,(H,39,43)/t34-/m1/s1. The van der Waals surface area contributed by atoms with Crippen LogP contribution >= 0.6 is 11.6 Å². The molecule has 0 unspecified atom stereocenters. The monoisotopic (exact) mass is 675 g/mol. The summed E-state index contributed by atoms with van der Waals surface area (Å²) in [6.45, 7) is 7.75. The van der Waals surface area contributed by atoms with E-state index in [4.69, 9.17) is 16.3 Å². The molecular formula is C37H42ClN3O5S. The van der Waals surface area contributed by atoms with Gasteiger partial charge in [0.1, 0.15) is 18.3 Å². The van der Waals surface area contributed by atoms with Crippen LogP contribution < -0.4 is 14.4 Å². The average molecular weight is 676 g/mol. The lowest BCUT2D eigenvalue weighted by Crippen LogP contribution is -2.53. The van der Waals surface area contributed by atoms with Crippen LogP contribution in [0.25, 0.3) is 0 Å². The fraction of sp³-hybridized carbons (Fsp3) is 0.297. The van der Waals surface area contributed by atoms with Gasteiger partial charge in [-0.2, -0.15) is 0 Å². The molecule has 4 rings (SSSR count). The lowest BCUT2D eigenvalue weighted by molar-refractivity contribution is -0.140. The third-order valence-electron chi connectivity index (χ3n) is 7.70. The summed E-state index contributed by atoms with van der Waals surface area (Å²) in [5.41, 5.74) is 3.75. The zero-order chi connectivity index (χ0) is 34.1. The molecule has 0 saturated heterocycles. The SMILES string of the molecule is COc1ccc(N(CC(=O)N(Cc2cccc(C)c2)[C@H](Cc2ccccc2)C(=O)NCC(C)C)S(=O)(=O)c2ccc(C)cc2)cc1Cl. The zero-order valence-corrected chi connectivity index (χ0v) is 29.0. The van der Waals surface area contributed by atoms with Crippen LogP contribution in [-0.2, 0) is 32.6 Å². The van der Waals surface area contributed by atoms with Crippen molar-refractivity contribution >= 4 is 39.1 Å². The second-order valence-electron chi connectivity index (χ2n) is 12.0. The van der Waals surface area contributed by atoms with Gasteiger partial charge in [-0.1, -0.05) is 103 Å². The Hall–Kier alpha value is -4.34. The van der Waals surface area contributed by atoms with E-state index in [9.17, 15) is 18.0 Å². The number of ether oxygens (including phenoxy) is 1. The second kappa shape index (κ2) is 16.0. The van der Waals surface area contributed by atoms with Crippen LogP contribution in [0.4, 0.5) is 5.69 Å². The predicted molar refractivity (Wildman–Crippen MR) is 187 cm³/mol. The quantitative estimate of drug-likeness (QED) is 0.163. The zero-order valence-electron chi connectivity index (χ0n) is 27.4. The molecule has 47 heavy (non-hydrogen) atoms. The molecule has 0 aliphatic rings. The van der Waals surface area contributed by atoms with E-state index in [1.54, 1.807) is 24.3 Å². The summed E-state index contributed by atoms with van der Waals surface area (Å²) in [6.07, 6.45) is 0.238. The molecule has 0 bridgehead atoms. The maximum absolute atomic E-state index is 14.6. The molecule has 2 amide bonds. The topological polar surface area (TPSA) is 96.0 Å². The van der Waals surface area contributed by atoms with E-state index in [1.165, 1.54) is 30.2 Å². The lowest BCUT2D eigenvalue weighted by Gasteiger charge is -2.34. The minimum atomic E-state index is -4.26. The molecule has 8 nitrogen and oxygen atoms in total. The minimum absolute atomic E-state index is 0.0172. The van der Waals surface area contributed by atoms with E-state index in [1.807, 2.05) is 82.3 Å². The number of aryl methyl sites for hydroxylation is 2. The molecule has 248 valence electrons. The van der Waals surface area contributed by atoms with Gasteiger partial charge in [-0.05, 0) is 61.2 Å². The largest absolute Gasteiger partial charge is 0.495 e. The van der Waals surface area contributed by atoms with Gasteiger partial charge in [0.05, 0.1) is 22.7 Å². The van der Waals surface area contributed by atoms with Crippen LogP contribution in [0.15, 0.2) is 102 Å². The number of sulfonamides is 1. The molecule has 0 aliphatic carbocycles. The van der Waals surface area contributed by atoms with Crippen molar-refractivity contribution in [2.24, 2.45) is 5.92 Å². The lowest BCUT2D eigenvalue weighted by atomic mass is 10.0. The Bertz CT molecular complexity index is 1780. The summed E-state index contributed by atoms with van der Waals surface area (Å²) in [5, 5.41) is 3.19. The van der Waals surface area contributed by atoms with Crippen LogP contribution in [0, 0.1) is 19.8 Å². The van der Waals surface area contributed by atoms with Crippen molar-refractivity contribution in [2.45, 2.75) is 51.6 Å². The van der Waals surface area contributed by atoms with Gasteiger partial charge in [0, 0.05) is 19.5 Å². The number of benzene rings is 4. The average Bonchev–Trinajstić information content (AvgIpc) is 3.04. The Kier molecular flexibility index (Phi) is 12.1. The Morgan fingerprint density at radius 3 is 2.15 bits per heavy atom. The summed E-state index contributed by atoms with van der Waals surface area (Å²) in [7, 11) is -2.79. The van der Waals surface area contributed by atoms with Crippen molar-refractivity contribution in [3.8, 4) is 5.75 Å². The van der Waals surface area contributed by atoms with Crippen LogP contribution in [0.2, 0.25) is 5.02 Å². The van der Waals surface area contributed by atoms with Crippen molar-refractivity contribution in [1.29, 1.82) is 0 Å². The minimum Gasteiger partial charge on any atom is -0.495 e. The first kappa shape index (κ1) is 35.5. The summed E-state index contributed by atoms with van der Waals surface area (Å²) < 4.78 is 34.8. The smallest absolute Gasteiger partial charge is 0.264 e. The van der Waals surface area contributed by atoms with E-state index < -0.39 is 28.5 Å². The van der Waals surface area contributed by atoms with E-state index >= 15 is 0 Å². The van der Waals surface area contributed by atoms with Crippen molar-refractivity contribution in [1.82, 2.24) is 10.2 Å². The van der Waals surface area contributed by atoms with Gasteiger partial charge in [0.15, 0.2) is 0 Å². The highest BCUT2D eigenvalue weighted by atomic mass is 35.5. The molecule has 0 heterocycles. The van der Waals surface area contributed by atoms with Crippen LogP contribution in [0.3, 0.4) is 0 Å². The molecule has 10 heteroatoms. The maximum Gasteiger partial charge on any atom is 0.264 e. The third kappa shape index (κ3) is 9.36. The van der Waals surface area contributed by atoms with Gasteiger partial charge in [0.2, 0.25) is 11.8 Å².